The van der Waals surface area contributed by atoms with Crippen molar-refractivity contribution in [2.24, 2.45) is 0 Å². The van der Waals surface area contributed by atoms with Crippen LogP contribution in [0.15, 0.2) is 43.8 Å². The first-order valence-electron chi connectivity index (χ1n) is 10.1. The molecule has 0 saturated heterocycles. The molecule has 0 bridgehead atoms. The number of hydrogen-bond donors (Lipinski definition) is 2. The maximum atomic E-state index is 10.7. The largest absolute Gasteiger partial charge is 0.506 e. The van der Waals surface area contributed by atoms with Gasteiger partial charge in [0.1, 0.15) is 11.5 Å². The van der Waals surface area contributed by atoms with E-state index < -0.39 is 0 Å². The zero-order valence-electron chi connectivity index (χ0n) is 18.2. The molecule has 0 spiro atoms. The molecule has 2 rings (SSSR count). The minimum atomic E-state index is -0.250. The van der Waals surface area contributed by atoms with E-state index in [1.165, 1.54) is 11.1 Å². The van der Waals surface area contributed by atoms with E-state index in [0.717, 1.165) is 42.6 Å². The highest BCUT2D eigenvalue weighted by atomic mass is 32.2. The highest BCUT2D eigenvalue weighted by molar-refractivity contribution is 8.00. The van der Waals surface area contributed by atoms with Gasteiger partial charge in [-0.25, -0.2) is 0 Å². The molecule has 0 aromatic heterocycles. The monoisotopic (exact) mass is 468 g/mol. The van der Waals surface area contributed by atoms with Crippen molar-refractivity contribution in [3.05, 3.63) is 35.4 Å². The van der Waals surface area contributed by atoms with Gasteiger partial charge in [0.2, 0.25) is 0 Å². The summed E-state index contributed by atoms with van der Waals surface area (Å²) in [4.78, 5) is 3.77. The van der Waals surface area contributed by atoms with Gasteiger partial charge >= 0.3 is 0 Å². The van der Waals surface area contributed by atoms with Gasteiger partial charge in [0, 0.05) is 5.41 Å². The van der Waals surface area contributed by atoms with Crippen molar-refractivity contribution in [2.75, 3.05) is 23.0 Å². The molecule has 2 aromatic rings. The van der Waals surface area contributed by atoms with E-state index in [-0.39, 0.29) is 5.41 Å². The summed E-state index contributed by atoms with van der Waals surface area (Å²) in [5.41, 5.74) is 2.13. The Morgan fingerprint density at radius 3 is 1.03 bits per heavy atom. The summed E-state index contributed by atoms with van der Waals surface area (Å²) >= 11 is 6.72. The molecule has 0 unspecified atom stereocenters. The van der Waals surface area contributed by atoms with Crippen LogP contribution in [-0.4, -0.2) is 33.2 Å². The predicted octanol–water partition coefficient (Wildman–Crippen LogP) is 7.87. The third-order valence-electron chi connectivity index (χ3n) is 4.72. The molecule has 29 heavy (non-hydrogen) atoms. The van der Waals surface area contributed by atoms with Crippen molar-refractivity contribution in [1.29, 1.82) is 0 Å². The minimum Gasteiger partial charge on any atom is -0.506 e. The summed E-state index contributed by atoms with van der Waals surface area (Å²) in [5, 5.41) is 21.4. The lowest BCUT2D eigenvalue weighted by Crippen LogP contribution is -2.19. The van der Waals surface area contributed by atoms with Gasteiger partial charge < -0.3 is 10.2 Å². The molecule has 2 aromatic carbocycles. The normalized spacial score (nSPS) is 11.8. The molecule has 0 aliphatic heterocycles. The maximum Gasteiger partial charge on any atom is 0.142 e. The number of benzene rings is 2. The lowest BCUT2D eigenvalue weighted by Gasteiger charge is -2.29. The first-order chi connectivity index (χ1) is 13.8. The summed E-state index contributed by atoms with van der Waals surface area (Å²) in [7, 11) is 0. The van der Waals surface area contributed by atoms with Crippen molar-refractivity contribution >= 4 is 47.0 Å². The third-order valence-corrected chi connectivity index (χ3v) is 8.37. The first kappa shape index (κ1) is 24.7. The van der Waals surface area contributed by atoms with E-state index in [9.17, 15) is 10.2 Å². The quantitative estimate of drug-likeness (QED) is 0.346. The molecule has 0 atom stereocenters. The molecule has 2 N–H and O–H groups in total. The van der Waals surface area contributed by atoms with Gasteiger partial charge in [0.15, 0.2) is 0 Å². The predicted molar refractivity (Wildman–Crippen MR) is 134 cm³/mol. The molecule has 0 fully saturated rings. The van der Waals surface area contributed by atoms with Crippen LogP contribution in [0.25, 0.3) is 0 Å². The summed E-state index contributed by atoms with van der Waals surface area (Å²) in [6.07, 6.45) is 0. The van der Waals surface area contributed by atoms with Crippen molar-refractivity contribution in [3.8, 4) is 11.5 Å². The zero-order chi connectivity index (χ0) is 21.6. The lowest BCUT2D eigenvalue weighted by molar-refractivity contribution is 0.446. The maximum absolute atomic E-state index is 10.7. The number of phenolic OH excluding ortho intramolecular Hbond substituents is 2. The average molecular weight is 469 g/mol. The number of thioether (sulfide) groups is 4. The fourth-order valence-electron chi connectivity index (χ4n) is 3.12. The average Bonchev–Trinajstić information content (AvgIpc) is 2.68. The van der Waals surface area contributed by atoms with Gasteiger partial charge in [0.05, 0.1) is 19.6 Å². The van der Waals surface area contributed by atoms with Gasteiger partial charge in [-0.05, 0) is 58.4 Å². The molecular weight excluding hydrogens is 437 g/mol. The molecule has 0 heterocycles. The number of aromatic hydroxyl groups is 2. The summed E-state index contributed by atoms with van der Waals surface area (Å²) < 4.78 is 0. The molecule has 0 aliphatic carbocycles. The minimum absolute atomic E-state index is 0.250. The van der Waals surface area contributed by atoms with Crippen LogP contribution < -0.4 is 0 Å². The summed E-state index contributed by atoms with van der Waals surface area (Å²) in [5.74, 6) is 4.48. The highest BCUT2D eigenvalue weighted by Crippen LogP contribution is 2.46. The Bertz CT molecular complexity index is 712. The van der Waals surface area contributed by atoms with Crippen LogP contribution in [0.5, 0.6) is 11.5 Å². The van der Waals surface area contributed by atoms with Crippen molar-refractivity contribution in [3.63, 3.8) is 0 Å². The van der Waals surface area contributed by atoms with Crippen molar-refractivity contribution < 1.29 is 10.2 Å². The Morgan fingerprint density at radius 2 is 0.828 bits per heavy atom. The number of rotatable bonds is 10. The Morgan fingerprint density at radius 1 is 0.586 bits per heavy atom. The van der Waals surface area contributed by atoms with E-state index in [0.29, 0.717) is 11.5 Å². The number of hydrogen-bond acceptors (Lipinski definition) is 6. The van der Waals surface area contributed by atoms with E-state index in [2.05, 4.69) is 65.8 Å². The van der Waals surface area contributed by atoms with Gasteiger partial charge in [-0.2, -0.15) is 0 Å². The lowest BCUT2D eigenvalue weighted by atomic mass is 9.78. The van der Waals surface area contributed by atoms with Crippen molar-refractivity contribution in [2.45, 2.75) is 66.5 Å². The Hall–Kier alpha value is -0.560. The fourth-order valence-corrected chi connectivity index (χ4v) is 6.32. The molecule has 0 radical (unpaired) electrons. The van der Waals surface area contributed by atoms with Crippen molar-refractivity contribution in [1.82, 2.24) is 0 Å². The zero-order valence-corrected chi connectivity index (χ0v) is 21.4. The van der Waals surface area contributed by atoms with Gasteiger partial charge in [-0.15, -0.1) is 47.0 Å². The van der Waals surface area contributed by atoms with E-state index >= 15 is 0 Å². The highest BCUT2D eigenvalue weighted by Gasteiger charge is 2.28. The second-order valence-electron chi connectivity index (χ2n) is 7.00. The summed E-state index contributed by atoms with van der Waals surface area (Å²) in [6.45, 7) is 12.9. The molecule has 0 amide bonds. The van der Waals surface area contributed by atoms with Gasteiger partial charge in [-0.1, -0.05) is 41.5 Å². The Balaban J connectivity index is 2.64. The Labute approximate surface area is 193 Å². The standard InChI is InChI=1S/C23H32O2S4/c1-7-26-17-11-15(12-18(21(17)24)27-8-2)23(5,6)16-13-19(28-9-3)22(25)20(14-16)29-10-4/h11-14,24-25H,7-10H2,1-6H3. The molecule has 6 heteroatoms. The van der Waals surface area contributed by atoms with Crippen LogP contribution in [0.2, 0.25) is 0 Å². The molecule has 0 saturated carbocycles. The SMILES string of the molecule is CCSc1cc(C(C)(C)c2cc(SCC)c(O)c(SCC)c2)cc(SCC)c1O. The third kappa shape index (κ3) is 5.78. The van der Waals surface area contributed by atoms with Gasteiger partial charge in [0.25, 0.3) is 0 Å². The molecule has 2 nitrogen and oxygen atoms in total. The van der Waals surface area contributed by atoms with Crippen LogP contribution in [0.1, 0.15) is 52.7 Å². The van der Waals surface area contributed by atoms with E-state index in [1.54, 1.807) is 47.0 Å². The summed E-state index contributed by atoms with van der Waals surface area (Å²) in [6, 6.07) is 8.54. The topological polar surface area (TPSA) is 40.5 Å². The molecular formula is C23H32O2S4. The van der Waals surface area contributed by atoms with E-state index in [1.807, 2.05) is 0 Å². The molecule has 0 aliphatic rings. The van der Waals surface area contributed by atoms with Crippen LogP contribution in [0.4, 0.5) is 0 Å². The second-order valence-corrected chi connectivity index (χ2v) is 12.2. The molecule has 160 valence electrons. The Kier molecular flexibility index (Phi) is 9.52. The smallest absolute Gasteiger partial charge is 0.142 e. The fraction of sp³-hybridized carbons (Fsp3) is 0.478. The van der Waals surface area contributed by atoms with Crippen LogP contribution in [0.3, 0.4) is 0 Å². The second kappa shape index (κ2) is 11.2. The first-order valence-corrected chi connectivity index (χ1v) is 14.0. The van der Waals surface area contributed by atoms with Gasteiger partial charge in [-0.3, -0.25) is 0 Å². The number of phenols is 2. The van der Waals surface area contributed by atoms with E-state index in [4.69, 9.17) is 0 Å². The van der Waals surface area contributed by atoms with Crippen LogP contribution in [-0.2, 0) is 5.41 Å². The van der Waals surface area contributed by atoms with Crippen LogP contribution in [0, 0.1) is 0 Å². The van der Waals surface area contributed by atoms with Crippen LogP contribution >= 0.6 is 47.0 Å².